The van der Waals surface area contributed by atoms with Crippen molar-refractivity contribution >= 4 is 22.0 Å². The van der Waals surface area contributed by atoms with Gasteiger partial charge in [0.15, 0.2) is 0 Å². The fourth-order valence-electron chi connectivity index (χ4n) is 2.37. The highest BCUT2D eigenvalue weighted by Crippen LogP contribution is 2.24. The van der Waals surface area contributed by atoms with Crippen LogP contribution in [-0.2, 0) is 4.74 Å². The van der Waals surface area contributed by atoms with Crippen LogP contribution in [0.15, 0.2) is 41.1 Å². The number of hydrogen-bond acceptors (Lipinski definition) is 3. The number of carbonyl (C=O) groups excluding carboxylic acids is 1. The molecule has 0 aliphatic rings. The summed E-state index contributed by atoms with van der Waals surface area (Å²) in [5, 5.41) is 10.3. The van der Waals surface area contributed by atoms with Gasteiger partial charge in [0, 0.05) is 22.5 Å². The quantitative estimate of drug-likeness (QED) is 0.711. The van der Waals surface area contributed by atoms with Crippen LogP contribution in [0.4, 0.5) is 4.79 Å². The van der Waals surface area contributed by atoms with Gasteiger partial charge in [-0.05, 0) is 51.5 Å². The first-order valence-electron chi connectivity index (χ1n) is 7.83. The minimum absolute atomic E-state index is 0.0710. The van der Waals surface area contributed by atoms with Gasteiger partial charge in [-0.2, -0.15) is 0 Å². The molecule has 1 aromatic carbocycles. The lowest BCUT2D eigenvalue weighted by Gasteiger charge is -2.29. The third kappa shape index (κ3) is 5.99. The van der Waals surface area contributed by atoms with Gasteiger partial charge in [-0.3, -0.25) is 0 Å². The molecule has 0 spiro atoms. The predicted octanol–water partition coefficient (Wildman–Crippen LogP) is 4.89. The van der Waals surface area contributed by atoms with Crippen LogP contribution in [0.5, 0.6) is 0 Å². The van der Waals surface area contributed by atoms with Gasteiger partial charge in [-0.15, -0.1) is 0 Å². The van der Waals surface area contributed by atoms with Gasteiger partial charge in [0.05, 0.1) is 12.4 Å². The number of halogens is 1. The molecule has 0 aliphatic heterocycles. The van der Waals surface area contributed by atoms with Crippen LogP contribution >= 0.6 is 15.9 Å². The molecular weight excluding hydrogens is 358 g/mol. The van der Waals surface area contributed by atoms with Gasteiger partial charge in [-0.1, -0.05) is 35.0 Å². The lowest BCUT2D eigenvalue weighted by Crippen LogP contribution is -2.41. The molecule has 1 rings (SSSR count). The summed E-state index contributed by atoms with van der Waals surface area (Å²) in [6, 6.07) is 7.65. The average molecular weight is 384 g/mol. The molecule has 1 aromatic rings. The van der Waals surface area contributed by atoms with E-state index in [0.717, 1.165) is 10.0 Å². The molecule has 5 heteroatoms. The van der Waals surface area contributed by atoms with E-state index in [1.807, 2.05) is 58.9 Å². The number of aliphatic hydroxyl groups excluding tert-OH is 1. The van der Waals surface area contributed by atoms with E-state index in [1.54, 1.807) is 11.0 Å². The van der Waals surface area contributed by atoms with Crippen molar-refractivity contribution in [2.24, 2.45) is 5.92 Å². The van der Waals surface area contributed by atoms with E-state index in [2.05, 4.69) is 15.9 Å². The summed E-state index contributed by atoms with van der Waals surface area (Å²) in [6.07, 6.45) is 2.04. The summed E-state index contributed by atoms with van der Waals surface area (Å²) in [7, 11) is 0. The van der Waals surface area contributed by atoms with Crippen molar-refractivity contribution in [3.8, 4) is 0 Å². The Labute approximate surface area is 147 Å². The molecule has 128 valence electrons. The molecule has 0 heterocycles. The van der Waals surface area contributed by atoms with Crippen molar-refractivity contribution in [3.63, 3.8) is 0 Å². The molecule has 1 N–H and O–H groups in total. The Kier molecular flexibility index (Phi) is 7.79. The van der Waals surface area contributed by atoms with Crippen LogP contribution in [0.1, 0.15) is 46.3 Å². The lowest BCUT2D eigenvalue weighted by molar-refractivity contribution is 0.107. The Morgan fingerprint density at radius 3 is 2.13 bits per heavy atom. The molecular formula is C18H26BrNO3. The molecule has 2 atom stereocenters. The van der Waals surface area contributed by atoms with Gasteiger partial charge in [0.25, 0.3) is 0 Å². The number of benzene rings is 1. The van der Waals surface area contributed by atoms with E-state index in [1.165, 1.54) is 6.26 Å². The Balaban J connectivity index is 2.62. The summed E-state index contributed by atoms with van der Waals surface area (Å²) in [4.78, 5) is 13.7. The number of ether oxygens (including phenoxy) is 1. The van der Waals surface area contributed by atoms with Crippen LogP contribution in [-0.4, -0.2) is 28.2 Å². The first kappa shape index (κ1) is 19.7. The third-order valence-corrected chi connectivity index (χ3v) is 4.11. The van der Waals surface area contributed by atoms with Crippen molar-refractivity contribution in [2.75, 3.05) is 0 Å². The number of rotatable bonds is 6. The summed E-state index contributed by atoms with van der Waals surface area (Å²) in [6.45, 7) is 9.67. The van der Waals surface area contributed by atoms with E-state index < -0.39 is 6.10 Å². The smallest absolute Gasteiger partial charge is 0.415 e. The Morgan fingerprint density at radius 1 is 1.13 bits per heavy atom. The Morgan fingerprint density at radius 2 is 1.65 bits per heavy atom. The molecule has 1 amide bonds. The maximum absolute atomic E-state index is 12.1. The molecule has 0 unspecified atom stereocenters. The first-order valence-corrected chi connectivity index (χ1v) is 8.62. The number of hydrogen-bond donors (Lipinski definition) is 1. The van der Waals surface area contributed by atoms with Crippen LogP contribution in [0.2, 0.25) is 0 Å². The second-order valence-electron chi connectivity index (χ2n) is 6.16. The molecule has 23 heavy (non-hydrogen) atoms. The highest BCUT2D eigenvalue weighted by molar-refractivity contribution is 9.10. The summed E-state index contributed by atoms with van der Waals surface area (Å²) in [5.41, 5.74) is 0.822. The standard InChI is InChI=1S/C18H26BrNO3/c1-12(2)20(13(3)4)18(22)23-11-10-14(5)17(21)15-6-8-16(19)9-7-15/h6-14,17,21H,1-5H3/b11-10-/t14-,17-/m0/s1. The van der Waals surface area contributed by atoms with Gasteiger partial charge < -0.3 is 14.7 Å². The molecule has 0 fully saturated rings. The molecule has 4 nitrogen and oxygen atoms in total. The van der Waals surface area contributed by atoms with Crippen LogP contribution in [0.25, 0.3) is 0 Å². The fourth-order valence-corrected chi connectivity index (χ4v) is 2.63. The van der Waals surface area contributed by atoms with Crippen LogP contribution in [0.3, 0.4) is 0 Å². The molecule has 0 saturated heterocycles. The highest BCUT2D eigenvalue weighted by atomic mass is 79.9. The van der Waals surface area contributed by atoms with Gasteiger partial charge in [0.1, 0.15) is 0 Å². The minimum atomic E-state index is -0.649. The molecule has 0 aliphatic carbocycles. The number of nitrogens with zero attached hydrogens (tertiary/aromatic N) is 1. The fraction of sp³-hybridized carbons (Fsp3) is 0.500. The first-order chi connectivity index (χ1) is 10.7. The summed E-state index contributed by atoms with van der Waals surface area (Å²) in [5.74, 6) is -0.171. The highest BCUT2D eigenvalue weighted by Gasteiger charge is 2.21. The number of amides is 1. The number of carbonyl (C=O) groups is 1. The predicted molar refractivity (Wildman–Crippen MR) is 96.0 cm³/mol. The molecule has 0 bridgehead atoms. The normalized spacial score (nSPS) is 14.3. The van der Waals surface area contributed by atoms with Crippen molar-refractivity contribution in [1.29, 1.82) is 0 Å². The second kappa shape index (κ2) is 9.08. The largest absolute Gasteiger partial charge is 0.418 e. The van der Waals surface area contributed by atoms with Crippen molar-refractivity contribution in [3.05, 3.63) is 46.6 Å². The second-order valence-corrected chi connectivity index (χ2v) is 7.08. The van der Waals surface area contributed by atoms with Crippen LogP contribution < -0.4 is 0 Å². The lowest BCUT2D eigenvalue weighted by atomic mass is 9.98. The zero-order valence-corrected chi connectivity index (χ0v) is 15.9. The van der Waals surface area contributed by atoms with E-state index in [0.29, 0.717) is 0 Å². The van der Waals surface area contributed by atoms with Gasteiger partial charge in [0.2, 0.25) is 0 Å². The van der Waals surface area contributed by atoms with Gasteiger partial charge >= 0.3 is 6.09 Å². The van der Waals surface area contributed by atoms with E-state index in [-0.39, 0.29) is 24.1 Å². The van der Waals surface area contributed by atoms with Crippen LogP contribution in [0, 0.1) is 5.92 Å². The molecule has 0 aromatic heterocycles. The molecule has 0 radical (unpaired) electrons. The maximum atomic E-state index is 12.1. The van der Waals surface area contributed by atoms with E-state index in [4.69, 9.17) is 4.74 Å². The topological polar surface area (TPSA) is 49.8 Å². The van der Waals surface area contributed by atoms with Crippen molar-refractivity contribution < 1.29 is 14.6 Å². The third-order valence-electron chi connectivity index (χ3n) is 3.58. The van der Waals surface area contributed by atoms with Crippen molar-refractivity contribution in [1.82, 2.24) is 4.90 Å². The Hall–Kier alpha value is -1.33. The Bertz CT molecular complexity index is 518. The summed E-state index contributed by atoms with van der Waals surface area (Å²) >= 11 is 3.37. The molecule has 0 saturated carbocycles. The van der Waals surface area contributed by atoms with Crippen molar-refractivity contribution in [2.45, 2.75) is 52.8 Å². The van der Waals surface area contributed by atoms with E-state index in [9.17, 15) is 9.90 Å². The van der Waals surface area contributed by atoms with E-state index >= 15 is 0 Å². The zero-order valence-electron chi connectivity index (χ0n) is 14.4. The summed E-state index contributed by atoms with van der Waals surface area (Å²) < 4.78 is 6.16. The monoisotopic (exact) mass is 383 g/mol. The minimum Gasteiger partial charge on any atom is -0.418 e. The average Bonchev–Trinajstić information content (AvgIpc) is 2.46. The zero-order chi connectivity index (χ0) is 17.6. The maximum Gasteiger partial charge on any atom is 0.415 e. The number of aliphatic hydroxyl groups is 1. The SMILES string of the molecule is CC(C)N(C(=O)O/C=C\[C@H](C)[C@H](O)c1ccc(Br)cc1)C(C)C. The van der Waals surface area contributed by atoms with Gasteiger partial charge in [-0.25, -0.2) is 4.79 Å².